The zero-order valence-electron chi connectivity index (χ0n) is 5.73. The molecule has 0 fully saturated rings. The van der Waals surface area contributed by atoms with E-state index in [4.69, 9.17) is 21.4 Å². The monoisotopic (exact) mass is 107 g/mol. The van der Waals surface area contributed by atoms with Gasteiger partial charge in [-0.05, 0) is 5.41 Å². The minimum Gasteiger partial charge on any atom is -0.341 e. The summed E-state index contributed by atoms with van der Waals surface area (Å²) >= 11 is 0. The summed E-state index contributed by atoms with van der Waals surface area (Å²) in [6.45, 7) is 5.69. The van der Waals surface area contributed by atoms with E-state index in [-0.39, 0.29) is 5.41 Å². The van der Waals surface area contributed by atoms with E-state index >= 15 is 0 Å². The lowest BCUT2D eigenvalue weighted by molar-refractivity contribution is 0.359. The van der Waals surface area contributed by atoms with Gasteiger partial charge in [0.05, 0.1) is 15.7 Å². The molecular weight excluding hydrogens is 95.7 g/mol. The van der Waals surface area contributed by atoms with Crippen molar-refractivity contribution >= 4 is 15.7 Å². The highest BCUT2D eigenvalue weighted by atomic mass is 14.7. The largest absolute Gasteiger partial charge is 0.341 e. The summed E-state index contributed by atoms with van der Waals surface area (Å²) in [5.41, 5.74) is 5.14. The number of nitrogens with two attached hydrogens (primary N) is 1. The van der Waals surface area contributed by atoms with Crippen molar-refractivity contribution in [3.8, 4) is 0 Å². The number of rotatable bonds is 0. The Morgan fingerprint density at radius 3 is 1.25 bits per heavy atom. The Kier molecular flexibility index (Phi) is 1.82. The first-order chi connectivity index (χ1) is 3.25. The average Bonchev–Trinajstić information content (AvgIpc) is 1.25. The van der Waals surface area contributed by atoms with Gasteiger partial charge < -0.3 is 5.73 Å². The van der Waals surface area contributed by atoms with Crippen molar-refractivity contribution in [1.82, 2.24) is 0 Å². The minimum absolute atomic E-state index is 0.229. The van der Waals surface area contributed by atoms with Crippen LogP contribution in [0.15, 0.2) is 0 Å². The normalized spacial score (nSPS) is 14.0. The molecule has 4 radical (unpaired) electrons. The van der Waals surface area contributed by atoms with Gasteiger partial charge in [-0.2, -0.15) is 0 Å². The van der Waals surface area contributed by atoms with Crippen molar-refractivity contribution in [2.45, 2.75) is 26.1 Å². The van der Waals surface area contributed by atoms with Gasteiger partial charge in [-0.25, -0.2) is 0 Å². The molecule has 3 heteroatoms. The van der Waals surface area contributed by atoms with E-state index in [2.05, 4.69) is 0 Å². The van der Waals surface area contributed by atoms with Gasteiger partial charge in [-0.15, -0.1) is 0 Å². The summed E-state index contributed by atoms with van der Waals surface area (Å²) in [5.74, 6) is 0. The maximum absolute atomic E-state index is 5.37. The predicted molar refractivity (Wildman–Crippen MR) is 37.9 cm³/mol. The van der Waals surface area contributed by atoms with Crippen LogP contribution in [-0.2, 0) is 0 Å². The predicted octanol–water partition coefficient (Wildman–Crippen LogP) is -0.0180. The molecule has 0 aromatic heterocycles. The van der Waals surface area contributed by atoms with Crippen LogP contribution in [0.4, 0.5) is 0 Å². The Morgan fingerprint density at radius 2 is 1.25 bits per heavy atom. The van der Waals surface area contributed by atoms with E-state index in [1.807, 2.05) is 20.8 Å². The lowest BCUT2D eigenvalue weighted by Gasteiger charge is -2.36. The van der Waals surface area contributed by atoms with Gasteiger partial charge in [0.15, 0.2) is 0 Å². The standard InChI is InChI=1S/C5H11B2N/c1-4(2,3)5(6,7)8/h8H2,1-3H3. The molecule has 42 valence electrons. The van der Waals surface area contributed by atoms with E-state index < -0.39 is 5.34 Å². The first-order valence-corrected chi connectivity index (χ1v) is 2.62. The topological polar surface area (TPSA) is 26.0 Å². The first-order valence-electron chi connectivity index (χ1n) is 2.62. The Labute approximate surface area is 53.8 Å². The molecule has 0 aliphatic carbocycles. The van der Waals surface area contributed by atoms with E-state index in [0.29, 0.717) is 0 Å². The fourth-order valence-electron chi connectivity index (χ4n) is 0. The quantitative estimate of drug-likeness (QED) is 0.432. The van der Waals surface area contributed by atoms with Crippen LogP contribution >= 0.6 is 0 Å². The van der Waals surface area contributed by atoms with E-state index in [9.17, 15) is 0 Å². The van der Waals surface area contributed by atoms with Crippen LogP contribution in [0.3, 0.4) is 0 Å². The third-order valence-corrected chi connectivity index (χ3v) is 1.30. The molecule has 0 atom stereocenters. The molecule has 0 heterocycles. The van der Waals surface area contributed by atoms with Gasteiger partial charge in [0.25, 0.3) is 0 Å². The zero-order valence-corrected chi connectivity index (χ0v) is 5.73. The molecule has 0 amide bonds. The molecule has 0 aliphatic heterocycles. The Hall–Kier alpha value is 0.0899. The first kappa shape index (κ1) is 8.09. The third-order valence-electron chi connectivity index (χ3n) is 1.30. The van der Waals surface area contributed by atoms with E-state index in [1.165, 1.54) is 0 Å². The molecule has 0 spiro atoms. The lowest BCUT2D eigenvalue weighted by Crippen LogP contribution is -2.52. The molecule has 0 unspecified atom stereocenters. The lowest BCUT2D eigenvalue weighted by atomic mass is 9.50. The molecule has 0 saturated carbocycles. The van der Waals surface area contributed by atoms with Gasteiger partial charge in [-0.1, -0.05) is 26.1 Å². The summed E-state index contributed by atoms with van der Waals surface area (Å²) in [6, 6.07) is 0. The molecule has 0 aromatic carbocycles. The number of hydrogen-bond acceptors (Lipinski definition) is 1. The van der Waals surface area contributed by atoms with Gasteiger partial charge in [0, 0.05) is 0 Å². The maximum atomic E-state index is 5.37. The van der Waals surface area contributed by atoms with Crippen molar-refractivity contribution in [3.05, 3.63) is 0 Å². The fourth-order valence-corrected chi connectivity index (χ4v) is 0. The second kappa shape index (κ2) is 1.80. The maximum Gasteiger partial charge on any atom is 0.0824 e. The van der Waals surface area contributed by atoms with Gasteiger partial charge in [0.2, 0.25) is 0 Å². The Balaban J connectivity index is 4.02. The van der Waals surface area contributed by atoms with Crippen LogP contribution in [0.5, 0.6) is 0 Å². The van der Waals surface area contributed by atoms with E-state index in [1.54, 1.807) is 0 Å². The second-order valence-corrected chi connectivity index (χ2v) is 3.18. The summed E-state index contributed by atoms with van der Waals surface area (Å²) in [4.78, 5) is 0. The molecule has 1 nitrogen and oxygen atoms in total. The molecule has 0 rings (SSSR count). The minimum atomic E-state index is -1.06. The Morgan fingerprint density at radius 1 is 1.12 bits per heavy atom. The molecular formula is C5H11B2N. The van der Waals surface area contributed by atoms with Crippen LogP contribution in [0.1, 0.15) is 20.8 Å². The highest BCUT2D eigenvalue weighted by molar-refractivity contribution is 6.40. The van der Waals surface area contributed by atoms with Crippen LogP contribution in [0.2, 0.25) is 0 Å². The second-order valence-electron chi connectivity index (χ2n) is 3.18. The Bertz CT molecular complexity index is 65.4. The van der Waals surface area contributed by atoms with Gasteiger partial charge in [0.1, 0.15) is 0 Å². The van der Waals surface area contributed by atoms with Crippen molar-refractivity contribution < 1.29 is 0 Å². The van der Waals surface area contributed by atoms with E-state index in [0.717, 1.165) is 0 Å². The molecule has 0 aliphatic rings. The van der Waals surface area contributed by atoms with Crippen molar-refractivity contribution in [2.75, 3.05) is 0 Å². The van der Waals surface area contributed by atoms with Crippen LogP contribution in [-0.4, -0.2) is 21.0 Å². The average molecular weight is 107 g/mol. The molecule has 0 bridgehead atoms. The highest BCUT2D eigenvalue weighted by Gasteiger charge is 2.26. The van der Waals surface area contributed by atoms with Crippen LogP contribution in [0, 0.1) is 5.41 Å². The summed E-state index contributed by atoms with van der Waals surface area (Å²) in [7, 11) is 10.7. The zero-order chi connectivity index (χ0) is 7.00. The SMILES string of the molecule is [B]C([B])(N)C(C)(C)C. The summed E-state index contributed by atoms with van der Waals surface area (Å²) < 4.78 is 0. The molecule has 2 N–H and O–H groups in total. The third kappa shape index (κ3) is 1.91. The van der Waals surface area contributed by atoms with Gasteiger partial charge >= 0.3 is 0 Å². The molecule has 0 saturated heterocycles. The summed E-state index contributed by atoms with van der Waals surface area (Å²) in [5, 5.41) is -1.06. The van der Waals surface area contributed by atoms with Crippen LogP contribution < -0.4 is 5.73 Å². The molecule has 8 heavy (non-hydrogen) atoms. The van der Waals surface area contributed by atoms with Crippen molar-refractivity contribution in [3.63, 3.8) is 0 Å². The van der Waals surface area contributed by atoms with Crippen molar-refractivity contribution in [2.24, 2.45) is 11.1 Å². The highest BCUT2D eigenvalue weighted by Crippen LogP contribution is 2.21. The van der Waals surface area contributed by atoms with Crippen LogP contribution in [0.25, 0.3) is 0 Å². The number of hydrogen-bond donors (Lipinski definition) is 1. The smallest absolute Gasteiger partial charge is 0.0824 e. The van der Waals surface area contributed by atoms with Gasteiger partial charge in [-0.3, -0.25) is 0 Å². The molecule has 0 aromatic rings. The fraction of sp³-hybridized carbons (Fsp3) is 1.00. The summed E-state index contributed by atoms with van der Waals surface area (Å²) in [6.07, 6.45) is 0. The van der Waals surface area contributed by atoms with Crippen molar-refractivity contribution in [1.29, 1.82) is 0 Å².